The van der Waals surface area contributed by atoms with Crippen LogP contribution in [0.2, 0.25) is 0 Å². The summed E-state index contributed by atoms with van der Waals surface area (Å²) in [5.74, 6) is 0.0538. The maximum absolute atomic E-state index is 9.56. The predicted molar refractivity (Wildman–Crippen MR) is 54.2 cm³/mol. The lowest BCUT2D eigenvalue weighted by atomic mass is 10.1. The zero-order valence-corrected chi connectivity index (χ0v) is 8.91. The van der Waals surface area contributed by atoms with E-state index in [2.05, 4.69) is 0 Å². The van der Waals surface area contributed by atoms with Crippen molar-refractivity contribution in [2.75, 3.05) is 20.8 Å². The van der Waals surface area contributed by atoms with Crippen LogP contribution in [0.4, 0.5) is 0 Å². The lowest BCUT2D eigenvalue weighted by molar-refractivity contribution is 0.0847. The Balaban J connectivity index is 4.82. The summed E-state index contributed by atoms with van der Waals surface area (Å²) in [7, 11) is 2.84. The summed E-state index contributed by atoms with van der Waals surface area (Å²) < 4.78 is 9.52. The molecule has 0 bridgehead atoms. The van der Waals surface area contributed by atoms with Gasteiger partial charge < -0.3 is 26.0 Å². The van der Waals surface area contributed by atoms with E-state index in [0.29, 0.717) is 5.57 Å². The van der Waals surface area contributed by atoms with Crippen molar-refractivity contribution in [2.45, 2.75) is 6.10 Å². The van der Waals surface area contributed by atoms with Crippen LogP contribution in [0.15, 0.2) is 22.7 Å². The van der Waals surface area contributed by atoms with E-state index >= 15 is 0 Å². The third-order valence-electron chi connectivity index (χ3n) is 1.48. The molecular weight excluding hydrogens is 208 g/mol. The van der Waals surface area contributed by atoms with E-state index in [4.69, 9.17) is 32.5 Å². The van der Waals surface area contributed by atoms with Crippen molar-refractivity contribution >= 4 is 11.6 Å². The average molecular weight is 223 g/mol. The van der Waals surface area contributed by atoms with Crippen LogP contribution in [0.3, 0.4) is 0 Å². The lowest BCUT2D eigenvalue weighted by Crippen LogP contribution is -2.21. The number of rotatable bonds is 5. The number of ether oxygens (including phenoxy) is 2. The van der Waals surface area contributed by atoms with Gasteiger partial charge in [0.15, 0.2) is 5.88 Å². The molecule has 14 heavy (non-hydrogen) atoms. The van der Waals surface area contributed by atoms with E-state index in [0.717, 1.165) is 0 Å². The van der Waals surface area contributed by atoms with Gasteiger partial charge in [0.1, 0.15) is 6.10 Å². The topological polar surface area (TPSA) is 90.7 Å². The third-order valence-corrected chi connectivity index (χ3v) is 1.59. The van der Waals surface area contributed by atoms with Gasteiger partial charge in [-0.2, -0.15) is 0 Å². The average Bonchev–Trinajstić information content (AvgIpc) is 2.13. The summed E-state index contributed by atoms with van der Waals surface area (Å²) in [6, 6.07) is 0. The van der Waals surface area contributed by atoms with Gasteiger partial charge in [-0.1, -0.05) is 11.6 Å². The lowest BCUT2D eigenvalue weighted by Gasteiger charge is -2.13. The molecule has 5 N–H and O–H groups in total. The quantitative estimate of drug-likeness (QED) is 0.342. The fraction of sp³-hybridized carbons (Fsp3) is 0.500. The summed E-state index contributed by atoms with van der Waals surface area (Å²) in [4.78, 5) is 0. The molecule has 0 heterocycles. The maximum Gasteiger partial charge on any atom is 0.189 e. The van der Waals surface area contributed by atoms with Crippen molar-refractivity contribution in [2.24, 2.45) is 11.5 Å². The van der Waals surface area contributed by atoms with Crippen molar-refractivity contribution < 1.29 is 14.6 Å². The van der Waals surface area contributed by atoms with Gasteiger partial charge in [0.05, 0.1) is 18.9 Å². The van der Waals surface area contributed by atoms with Crippen LogP contribution in [-0.2, 0) is 9.47 Å². The van der Waals surface area contributed by atoms with Crippen molar-refractivity contribution in [3.63, 3.8) is 0 Å². The first-order chi connectivity index (χ1) is 6.52. The SMILES string of the molecule is COCC(O)C(/C=C(\N)Cl)=C(/N)OC. The Morgan fingerprint density at radius 2 is 2.07 bits per heavy atom. The van der Waals surface area contributed by atoms with Gasteiger partial charge in [-0.3, -0.25) is 0 Å². The summed E-state index contributed by atoms with van der Waals surface area (Å²) in [6.45, 7) is 0.0834. The molecule has 5 nitrogen and oxygen atoms in total. The van der Waals surface area contributed by atoms with Crippen molar-refractivity contribution in [1.82, 2.24) is 0 Å². The van der Waals surface area contributed by atoms with E-state index in [1.165, 1.54) is 20.3 Å². The van der Waals surface area contributed by atoms with Gasteiger partial charge in [0.2, 0.25) is 0 Å². The standard InChI is InChI=1S/C8H15ClN2O3/c1-13-4-6(12)5(3-7(9)10)8(11)14-2/h3,6,12H,4,10-11H2,1-2H3/b7-3-,8-5-. The molecule has 1 unspecified atom stereocenters. The Morgan fingerprint density at radius 3 is 2.43 bits per heavy atom. The second-order valence-corrected chi connectivity index (χ2v) is 2.96. The summed E-state index contributed by atoms with van der Waals surface area (Å²) >= 11 is 5.46. The van der Waals surface area contributed by atoms with Crippen LogP contribution in [0, 0.1) is 0 Å². The predicted octanol–water partition coefficient (Wildman–Crippen LogP) is -0.151. The first kappa shape index (κ1) is 13.1. The van der Waals surface area contributed by atoms with Crippen molar-refractivity contribution in [3.8, 4) is 0 Å². The Labute approximate surface area is 87.9 Å². The fourth-order valence-corrected chi connectivity index (χ4v) is 0.963. The molecule has 0 amide bonds. The summed E-state index contributed by atoms with van der Waals surface area (Å²) in [6.07, 6.45) is 0.404. The Hall–Kier alpha value is -0.910. The zero-order valence-electron chi connectivity index (χ0n) is 8.16. The molecule has 0 spiro atoms. The van der Waals surface area contributed by atoms with Gasteiger partial charge in [-0.15, -0.1) is 0 Å². The number of aliphatic hydroxyl groups excluding tert-OH is 1. The highest BCUT2D eigenvalue weighted by Gasteiger charge is 2.13. The number of hydrogen-bond donors (Lipinski definition) is 3. The molecule has 0 saturated heterocycles. The Morgan fingerprint density at radius 1 is 1.50 bits per heavy atom. The van der Waals surface area contributed by atoms with E-state index in [-0.39, 0.29) is 17.6 Å². The molecule has 0 aromatic heterocycles. The highest BCUT2D eigenvalue weighted by Crippen LogP contribution is 2.11. The maximum atomic E-state index is 9.56. The van der Waals surface area contributed by atoms with Crippen LogP contribution < -0.4 is 11.5 Å². The van der Waals surface area contributed by atoms with E-state index in [9.17, 15) is 5.11 Å². The second-order valence-electron chi connectivity index (χ2n) is 2.52. The smallest absolute Gasteiger partial charge is 0.189 e. The molecule has 6 heteroatoms. The number of hydrogen-bond acceptors (Lipinski definition) is 5. The second kappa shape index (κ2) is 6.53. The normalized spacial score (nSPS) is 16.1. The molecule has 0 aromatic carbocycles. The number of aliphatic hydroxyl groups is 1. The van der Waals surface area contributed by atoms with Gasteiger partial charge in [-0.05, 0) is 6.08 Å². The molecule has 0 fully saturated rings. The Bertz CT molecular complexity index is 237. The van der Waals surface area contributed by atoms with E-state index < -0.39 is 6.10 Å². The van der Waals surface area contributed by atoms with Crippen LogP contribution >= 0.6 is 11.6 Å². The molecule has 0 saturated carbocycles. The molecule has 0 radical (unpaired) electrons. The molecule has 0 aliphatic rings. The van der Waals surface area contributed by atoms with Gasteiger partial charge in [-0.25, -0.2) is 0 Å². The number of halogens is 1. The van der Waals surface area contributed by atoms with Gasteiger partial charge in [0, 0.05) is 12.7 Å². The van der Waals surface area contributed by atoms with Crippen LogP contribution in [0.25, 0.3) is 0 Å². The number of nitrogens with two attached hydrogens (primary N) is 2. The first-order valence-corrected chi connectivity index (χ1v) is 4.24. The number of methoxy groups -OCH3 is 2. The van der Waals surface area contributed by atoms with E-state index in [1.807, 2.05) is 0 Å². The van der Waals surface area contributed by atoms with E-state index in [1.54, 1.807) is 0 Å². The van der Waals surface area contributed by atoms with Gasteiger partial charge >= 0.3 is 0 Å². The van der Waals surface area contributed by atoms with Crippen molar-refractivity contribution in [3.05, 3.63) is 22.7 Å². The molecule has 82 valence electrons. The molecular formula is C8H15ClN2O3. The third kappa shape index (κ3) is 4.36. The summed E-state index contributed by atoms with van der Waals surface area (Å²) in [5, 5.41) is 9.57. The highest BCUT2D eigenvalue weighted by molar-refractivity contribution is 6.29. The molecule has 1 atom stereocenters. The monoisotopic (exact) mass is 222 g/mol. The minimum absolute atomic E-state index is 0.00940. The zero-order chi connectivity index (χ0) is 11.1. The Kier molecular flexibility index (Phi) is 6.11. The molecule has 0 aliphatic heterocycles. The highest BCUT2D eigenvalue weighted by atomic mass is 35.5. The molecule has 0 aliphatic carbocycles. The van der Waals surface area contributed by atoms with Gasteiger partial charge in [0.25, 0.3) is 0 Å². The minimum atomic E-state index is -0.919. The van der Waals surface area contributed by atoms with Crippen LogP contribution in [0.1, 0.15) is 0 Å². The minimum Gasteiger partial charge on any atom is -0.482 e. The fourth-order valence-electron chi connectivity index (χ4n) is 0.846. The largest absolute Gasteiger partial charge is 0.482 e. The molecule has 0 rings (SSSR count). The van der Waals surface area contributed by atoms with Crippen molar-refractivity contribution in [1.29, 1.82) is 0 Å². The van der Waals surface area contributed by atoms with Crippen LogP contribution in [-0.4, -0.2) is 32.0 Å². The van der Waals surface area contributed by atoms with Crippen LogP contribution in [0.5, 0.6) is 0 Å². The first-order valence-electron chi connectivity index (χ1n) is 3.86. The molecule has 0 aromatic rings. The summed E-state index contributed by atoms with van der Waals surface area (Å²) in [5.41, 5.74) is 11.0.